The molecule has 0 aliphatic rings. The second-order valence-electron chi connectivity index (χ2n) is 8.00. The van der Waals surface area contributed by atoms with Crippen LogP contribution in [0.5, 0.6) is 0 Å². The van der Waals surface area contributed by atoms with Gasteiger partial charge in [0.05, 0.1) is 30.5 Å². The summed E-state index contributed by atoms with van der Waals surface area (Å²) in [7, 11) is 1.56. The van der Waals surface area contributed by atoms with E-state index in [1.165, 1.54) is 10.9 Å². The number of carbonyl (C=O) groups excluding carboxylic acids is 1. The highest BCUT2D eigenvalue weighted by molar-refractivity contribution is 5.91. The minimum Gasteiger partial charge on any atom is -0.383 e. The number of ether oxygens (including phenoxy) is 1. The van der Waals surface area contributed by atoms with Crippen LogP contribution in [-0.4, -0.2) is 48.3 Å². The Hall–Kier alpha value is -4.51. The van der Waals surface area contributed by atoms with Crippen molar-refractivity contribution in [1.29, 1.82) is 0 Å². The lowest BCUT2D eigenvalue weighted by atomic mass is 10.2. The summed E-state index contributed by atoms with van der Waals surface area (Å²) in [5.41, 5.74) is 1.58. The number of carbonyl (C=O) groups is 1. The van der Waals surface area contributed by atoms with Crippen molar-refractivity contribution in [3.63, 3.8) is 0 Å². The lowest BCUT2D eigenvalue weighted by Gasteiger charge is -2.12. The summed E-state index contributed by atoms with van der Waals surface area (Å²) in [4.78, 5) is 51.3. The number of aromatic nitrogens is 6. The first kappa shape index (κ1) is 22.3. The zero-order valence-corrected chi connectivity index (χ0v) is 19.0. The predicted molar refractivity (Wildman–Crippen MR) is 130 cm³/mol. The fourth-order valence-corrected chi connectivity index (χ4v) is 3.97. The van der Waals surface area contributed by atoms with Crippen LogP contribution in [0.2, 0.25) is 0 Å². The Morgan fingerprint density at radius 1 is 1.06 bits per heavy atom. The van der Waals surface area contributed by atoms with Crippen LogP contribution in [0.1, 0.15) is 5.56 Å². The van der Waals surface area contributed by atoms with Gasteiger partial charge >= 0.3 is 5.69 Å². The summed E-state index contributed by atoms with van der Waals surface area (Å²) in [5.74, 6) is -0.322. The maximum Gasteiger partial charge on any atom is 0.333 e. The molecular formula is C24H23N7O4. The van der Waals surface area contributed by atoms with Gasteiger partial charge in [-0.05, 0) is 17.7 Å². The van der Waals surface area contributed by atoms with Gasteiger partial charge in [-0.25, -0.2) is 19.3 Å². The van der Waals surface area contributed by atoms with E-state index in [2.05, 4.69) is 20.3 Å². The number of hydrogen-bond acceptors (Lipinski definition) is 6. The topological polar surface area (TPSA) is 129 Å². The molecule has 3 aromatic heterocycles. The first-order valence-electron chi connectivity index (χ1n) is 11.0. The molecule has 35 heavy (non-hydrogen) atoms. The second-order valence-corrected chi connectivity index (χ2v) is 8.00. The molecule has 0 aliphatic heterocycles. The molecule has 0 fully saturated rings. The van der Waals surface area contributed by atoms with E-state index in [0.717, 1.165) is 15.6 Å². The van der Waals surface area contributed by atoms with Crippen molar-refractivity contribution in [1.82, 2.24) is 28.7 Å². The zero-order valence-electron chi connectivity index (χ0n) is 19.0. The van der Waals surface area contributed by atoms with Crippen LogP contribution in [-0.2, 0) is 29.2 Å². The average molecular weight is 473 g/mol. The van der Waals surface area contributed by atoms with Gasteiger partial charge < -0.3 is 14.3 Å². The van der Waals surface area contributed by atoms with Crippen LogP contribution in [0.15, 0.2) is 70.5 Å². The molecule has 0 aliphatic carbocycles. The van der Waals surface area contributed by atoms with E-state index in [1.807, 2.05) is 54.6 Å². The van der Waals surface area contributed by atoms with E-state index in [0.29, 0.717) is 18.7 Å². The van der Waals surface area contributed by atoms with Gasteiger partial charge in [0.1, 0.15) is 6.54 Å². The first-order valence-corrected chi connectivity index (χ1v) is 11.0. The van der Waals surface area contributed by atoms with Gasteiger partial charge in [-0.15, -0.1) is 0 Å². The number of imidazole rings is 2. The molecule has 1 amide bonds. The maximum atomic E-state index is 13.4. The Kier molecular flexibility index (Phi) is 5.98. The van der Waals surface area contributed by atoms with Crippen molar-refractivity contribution in [2.24, 2.45) is 0 Å². The summed E-state index contributed by atoms with van der Waals surface area (Å²) < 4.78 is 9.11. The number of amides is 1. The standard InChI is InChI=1S/C24H23N7O4/c1-35-12-11-29-15-25-21-20(29)22(33)31(24(34)30(21)13-16-7-3-2-4-8-16)14-19(32)28-23-26-17-9-5-6-10-18(17)27-23/h2-10,15H,11-14H2,1H3,(H2,26,27,28,32). The van der Waals surface area contributed by atoms with Crippen LogP contribution in [0.3, 0.4) is 0 Å². The third kappa shape index (κ3) is 4.36. The van der Waals surface area contributed by atoms with Gasteiger partial charge in [0.2, 0.25) is 11.9 Å². The van der Waals surface area contributed by atoms with Gasteiger partial charge in [0.25, 0.3) is 5.56 Å². The molecule has 0 spiro atoms. The molecule has 178 valence electrons. The molecule has 5 rings (SSSR count). The van der Waals surface area contributed by atoms with E-state index in [1.54, 1.807) is 11.7 Å². The van der Waals surface area contributed by atoms with Gasteiger partial charge in [-0.3, -0.25) is 19.5 Å². The number of benzene rings is 2. The van der Waals surface area contributed by atoms with Gasteiger partial charge in [0, 0.05) is 13.7 Å². The molecule has 0 unspecified atom stereocenters. The fraction of sp³-hybridized carbons (Fsp3) is 0.208. The lowest BCUT2D eigenvalue weighted by Crippen LogP contribution is -2.43. The summed E-state index contributed by atoms with van der Waals surface area (Å²) >= 11 is 0. The van der Waals surface area contributed by atoms with Crippen LogP contribution in [0, 0.1) is 0 Å². The second kappa shape index (κ2) is 9.39. The lowest BCUT2D eigenvalue weighted by molar-refractivity contribution is -0.116. The van der Waals surface area contributed by atoms with E-state index in [9.17, 15) is 14.4 Å². The van der Waals surface area contributed by atoms with Crippen molar-refractivity contribution < 1.29 is 9.53 Å². The van der Waals surface area contributed by atoms with E-state index in [4.69, 9.17) is 4.74 Å². The number of fused-ring (bicyclic) bond motifs is 2. The number of aromatic amines is 1. The molecule has 11 nitrogen and oxygen atoms in total. The monoisotopic (exact) mass is 473 g/mol. The van der Waals surface area contributed by atoms with Crippen molar-refractivity contribution in [3.05, 3.63) is 87.3 Å². The molecule has 2 aromatic carbocycles. The number of anilines is 1. The highest BCUT2D eigenvalue weighted by Gasteiger charge is 2.20. The maximum absolute atomic E-state index is 13.4. The minimum atomic E-state index is -0.622. The Bertz CT molecular complexity index is 1600. The molecule has 0 radical (unpaired) electrons. The number of nitrogens with zero attached hydrogens (tertiary/aromatic N) is 5. The van der Waals surface area contributed by atoms with Crippen molar-refractivity contribution >= 4 is 34.1 Å². The number of hydrogen-bond donors (Lipinski definition) is 2. The Balaban J connectivity index is 1.54. The molecule has 0 saturated heterocycles. The molecule has 0 bridgehead atoms. The van der Waals surface area contributed by atoms with Crippen LogP contribution >= 0.6 is 0 Å². The minimum absolute atomic E-state index is 0.197. The van der Waals surface area contributed by atoms with Gasteiger partial charge in [0.15, 0.2) is 11.2 Å². The normalized spacial score (nSPS) is 11.3. The SMILES string of the molecule is COCCn1cnc2c1c(=O)n(CC(=O)Nc1nc3ccccc3[nH]1)c(=O)n2Cc1ccccc1. The summed E-state index contributed by atoms with van der Waals surface area (Å²) in [6.07, 6.45) is 1.50. The molecular weight excluding hydrogens is 450 g/mol. The Morgan fingerprint density at radius 2 is 1.83 bits per heavy atom. The average Bonchev–Trinajstić information content (AvgIpc) is 3.47. The number of nitrogens with one attached hydrogen (secondary N) is 2. The summed E-state index contributed by atoms with van der Waals surface area (Å²) in [5, 5.41) is 2.64. The van der Waals surface area contributed by atoms with E-state index in [-0.39, 0.29) is 23.7 Å². The zero-order chi connectivity index (χ0) is 24.4. The highest BCUT2D eigenvalue weighted by Crippen LogP contribution is 2.13. The molecule has 2 N–H and O–H groups in total. The highest BCUT2D eigenvalue weighted by atomic mass is 16.5. The quantitative estimate of drug-likeness (QED) is 0.352. The van der Waals surface area contributed by atoms with Gasteiger partial charge in [-0.2, -0.15) is 0 Å². The predicted octanol–water partition coefficient (Wildman–Crippen LogP) is 1.57. The number of rotatable bonds is 8. The van der Waals surface area contributed by atoms with Crippen molar-refractivity contribution in [3.8, 4) is 0 Å². The van der Waals surface area contributed by atoms with Gasteiger partial charge in [-0.1, -0.05) is 42.5 Å². The van der Waals surface area contributed by atoms with Crippen molar-refractivity contribution in [2.75, 3.05) is 19.0 Å². The van der Waals surface area contributed by atoms with E-state index < -0.39 is 23.7 Å². The molecule has 0 atom stereocenters. The number of methoxy groups -OCH3 is 1. The Labute approximate surface area is 198 Å². The summed E-state index contributed by atoms with van der Waals surface area (Å²) in [6.45, 7) is 0.448. The molecule has 11 heteroatoms. The van der Waals surface area contributed by atoms with Crippen molar-refractivity contribution in [2.45, 2.75) is 19.6 Å². The van der Waals surface area contributed by atoms with Crippen LogP contribution in [0.4, 0.5) is 5.95 Å². The largest absolute Gasteiger partial charge is 0.383 e. The third-order valence-electron chi connectivity index (χ3n) is 5.65. The molecule has 5 aromatic rings. The first-order chi connectivity index (χ1) is 17.0. The number of H-pyrrole nitrogens is 1. The van der Waals surface area contributed by atoms with E-state index >= 15 is 0 Å². The molecule has 0 saturated carbocycles. The van der Waals surface area contributed by atoms with Crippen LogP contribution < -0.4 is 16.6 Å². The smallest absolute Gasteiger partial charge is 0.333 e. The number of para-hydroxylation sites is 2. The van der Waals surface area contributed by atoms with Crippen LogP contribution in [0.25, 0.3) is 22.2 Å². The third-order valence-corrected chi connectivity index (χ3v) is 5.65. The molecule has 3 heterocycles. The Morgan fingerprint density at radius 3 is 2.60 bits per heavy atom. The fourth-order valence-electron chi connectivity index (χ4n) is 3.97. The summed E-state index contributed by atoms with van der Waals surface area (Å²) in [6, 6.07) is 16.7.